The molecular weight excluding hydrogens is 246 g/mol. The van der Waals surface area contributed by atoms with Crippen molar-refractivity contribution in [2.75, 3.05) is 0 Å². The maximum atomic E-state index is 12.7. The van der Waals surface area contributed by atoms with Crippen LogP contribution in [0.15, 0.2) is 17.0 Å². The largest absolute Gasteiger partial charge is 0.222 e. The molecule has 1 saturated carbocycles. The molecule has 1 aliphatic rings. The zero-order chi connectivity index (χ0) is 13.6. The molecule has 3 nitrogen and oxygen atoms in total. The van der Waals surface area contributed by atoms with E-state index in [0.717, 1.165) is 23.1 Å². The standard InChI is InChI=1S/C14H17NO2S/c1-10-7-11(2)13(12(3)8-10)18(16,17)14(9-15)5-4-6-14/h7-8H,4-6H2,1-3H3. The van der Waals surface area contributed by atoms with Gasteiger partial charge in [0.15, 0.2) is 14.6 Å². The Morgan fingerprint density at radius 2 is 1.67 bits per heavy atom. The van der Waals surface area contributed by atoms with Gasteiger partial charge in [-0.25, -0.2) is 8.42 Å². The third-order valence-electron chi connectivity index (χ3n) is 3.75. The SMILES string of the molecule is Cc1cc(C)c(S(=O)(=O)C2(C#N)CCC2)c(C)c1. The van der Waals surface area contributed by atoms with Crippen LogP contribution in [0.1, 0.15) is 36.0 Å². The molecule has 0 bridgehead atoms. The van der Waals surface area contributed by atoms with Crippen LogP contribution in [0.3, 0.4) is 0 Å². The summed E-state index contributed by atoms with van der Waals surface area (Å²) in [6.45, 7) is 5.55. The molecule has 0 atom stereocenters. The fourth-order valence-corrected chi connectivity index (χ4v) is 5.03. The molecule has 0 aliphatic heterocycles. The molecule has 0 amide bonds. The summed E-state index contributed by atoms with van der Waals surface area (Å²) in [5.74, 6) is 0. The van der Waals surface area contributed by atoms with Gasteiger partial charge >= 0.3 is 0 Å². The number of rotatable bonds is 2. The van der Waals surface area contributed by atoms with Crippen molar-refractivity contribution in [1.82, 2.24) is 0 Å². The van der Waals surface area contributed by atoms with Crippen molar-refractivity contribution >= 4 is 9.84 Å². The number of sulfone groups is 1. The molecule has 0 radical (unpaired) electrons. The second-order valence-electron chi connectivity index (χ2n) is 5.19. The van der Waals surface area contributed by atoms with Crippen LogP contribution < -0.4 is 0 Å². The van der Waals surface area contributed by atoms with E-state index < -0.39 is 14.6 Å². The molecule has 18 heavy (non-hydrogen) atoms. The van der Waals surface area contributed by atoms with E-state index in [1.54, 1.807) is 13.8 Å². The topological polar surface area (TPSA) is 57.9 Å². The molecule has 4 heteroatoms. The number of aryl methyl sites for hydroxylation is 3. The second-order valence-corrected chi connectivity index (χ2v) is 7.39. The van der Waals surface area contributed by atoms with Crippen molar-refractivity contribution in [2.24, 2.45) is 0 Å². The maximum Gasteiger partial charge on any atom is 0.197 e. The Morgan fingerprint density at radius 3 is 2.00 bits per heavy atom. The lowest BCUT2D eigenvalue weighted by Crippen LogP contribution is -2.44. The van der Waals surface area contributed by atoms with Gasteiger partial charge in [0.2, 0.25) is 0 Å². The predicted molar refractivity (Wildman–Crippen MR) is 70.0 cm³/mol. The molecule has 0 aromatic heterocycles. The lowest BCUT2D eigenvalue weighted by molar-refractivity contribution is 0.406. The van der Waals surface area contributed by atoms with Gasteiger partial charge < -0.3 is 0 Å². The van der Waals surface area contributed by atoms with Crippen LogP contribution in [-0.4, -0.2) is 13.2 Å². The Morgan fingerprint density at radius 1 is 1.17 bits per heavy atom. The van der Waals surface area contributed by atoms with Crippen molar-refractivity contribution < 1.29 is 8.42 Å². The van der Waals surface area contributed by atoms with E-state index in [-0.39, 0.29) is 0 Å². The van der Waals surface area contributed by atoms with E-state index >= 15 is 0 Å². The minimum atomic E-state index is -3.55. The summed E-state index contributed by atoms with van der Waals surface area (Å²) in [6.07, 6.45) is 1.73. The Hall–Kier alpha value is -1.34. The summed E-state index contributed by atoms with van der Waals surface area (Å²) < 4.78 is 24.2. The van der Waals surface area contributed by atoms with Crippen molar-refractivity contribution in [1.29, 1.82) is 5.26 Å². The molecule has 1 aromatic rings. The van der Waals surface area contributed by atoms with Crippen LogP contribution >= 0.6 is 0 Å². The lowest BCUT2D eigenvalue weighted by Gasteiger charge is -2.35. The Bertz CT molecular complexity index is 611. The van der Waals surface area contributed by atoms with Crippen LogP contribution in [0.4, 0.5) is 0 Å². The molecule has 0 spiro atoms. The van der Waals surface area contributed by atoms with Gasteiger partial charge in [0.25, 0.3) is 0 Å². The Kier molecular flexibility index (Phi) is 2.98. The molecule has 0 unspecified atom stereocenters. The van der Waals surface area contributed by atoms with Gasteiger partial charge in [-0.3, -0.25) is 0 Å². The molecule has 96 valence electrons. The first-order valence-corrected chi connectivity index (χ1v) is 7.56. The lowest BCUT2D eigenvalue weighted by atomic mass is 9.86. The third-order valence-corrected chi connectivity index (χ3v) is 6.46. The minimum Gasteiger partial charge on any atom is -0.222 e. The van der Waals surface area contributed by atoms with E-state index in [1.807, 2.05) is 25.1 Å². The van der Waals surface area contributed by atoms with Gasteiger partial charge in [0.1, 0.15) is 0 Å². The third kappa shape index (κ3) is 1.65. The number of hydrogen-bond donors (Lipinski definition) is 0. The highest BCUT2D eigenvalue weighted by Crippen LogP contribution is 2.43. The van der Waals surface area contributed by atoms with Crippen LogP contribution in [-0.2, 0) is 9.84 Å². The molecule has 1 aromatic carbocycles. The first kappa shape index (κ1) is 13.1. The van der Waals surface area contributed by atoms with Crippen LogP contribution in [0.5, 0.6) is 0 Å². The first-order chi connectivity index (χ1) is 8.34. The zero-order valence-electron chi connectivity index (χ0n) is 10.9. The average Bonchev–Trinajstić information content (AvgIpc) is 2.12. The summed E-state index contributed by atoms with van der Waals surface area (Å²) in [7, 11) is -3.55. The summed E-state index contributed by atoms with van der Waals surface area (Å²) in [6, 6.07) is 5.76. The zero-order valence-corrected chi connectivity index (χ0v) is 11.8. The van der Waals surface area contributed by atoms with Gasteiger partial charge in [-0.1, -0.05) is 17.7 Å². The van der Waals surface area contributed by atoms with E-state index in [1.165, 1.54) is 0 Å². The van der Waals surface area contributed by atoms with Gasteiger partial charge in [-0.05, 0) is 51.2 Å². The maximum absolute atomic E-state index is 12.7. The normalized spacial score (nSPS) is 17.9. The molecule has 1 fully saturated rings. The molecule has 0 saturated heterocycles. The van der Waals surface area contributed by atoms with Crippen LogP contribution in [0.25, 0.3) is 0 Å². The first-order valence-electron chi connectivity index (χ1n) is 6.08. The highest BCUT2D eigenvalue weighted by atomic mass is 32.2. The van der Waals surface area contributed by atoms with Gasteiger partial charge in [0, 0.05) is 0 Å². The monoisotopic (exact) mass is 263 g/mol. The minimum absolute atomic E-state index is 0.356. The van der Waals surface area contributed by atoms with E-state index in [2.05, 4.69) is 0 Å². The van der Waals surface area contributed by atoms with E-state index in [4.69, 9.17) is 0 Å². The molecule has 1 aliphatic carbocycles. The smallest absolute Gasteiger partial charge is 0.197 e. The molecule has 0 heterocycles. The summed E-state index contributed by atoms with van der Waals surface area (Å²) in [5, 5.41) is 9.24. The number of hydrogen-bond acceptors (Lipinski definition) is 3. The predicted octanol–water partition coefficient (Wildman–Crippen LogP) is 2.83. The number of benzene rings is 1. The van der Waals surface area contributed by atoms with Crippen molar-refractivity contribution in [3.8, 4) is 6.07 Å². The van der Waals surface area contributed by atoms with E-state index in [9.17, 15) is 13.7 Å². The van der Waals surface area contributed by atoms with E-state index in [0.29, 0.717) is 17.7 Å². The van der Waals surface area contributed by atoms with Crippen molar-refractivity contribution in [3.63, 3.8) is 0 Å². The molecule has 0 N–H and O–H groups in total. The summed E-state index contributed by atoms with van der Waals surface area (Å²) >= 11 is 0. The quantitative estimate of drug-likeness (QED) is 0.824. The number of nitriles is 1. The van der Waals surface area contributed by atoms with Crippen LogP contribution in [0, 0.1) is 32.1 Å². The van der Waals surface area contributed by atoms with Gasteiger partial charge in [-0.2, -0.15) is 5.26 Å². The summed E-state index contributed by atoms with van der Waals surface area (Å²) in [5.41, 5.74) is 2.53. The average molecular weight is 263 g/mol. The fourth-order valence-electron chi connectivity index (χ4n) is 2.72. The van der Waals surface area contributed by atoms with Crippen molar-refractivity contribution in [3.05, 3.63) is 28.8 Å². The second kappa shape index (κ2) is 4.10. The summed E-state index contributed by atoms with van der Waals surface area (Å²) in [4.78, 5) is 0.356. The van der Waals surface area contributed by atoms with Crippen molar-refractivity contribution in [2.45, 2.75) is 49.7 Å². The van der Waals surface area contributed by atoms with Crippen LogP contribution in [0.2, 0.25) is 0 Å². The highest BCUT2D eigenvalue weighted by molar-refractivity contribution is 7.93. The van der Waals surface area contributed by atoms with Gasteiger partial charge in [0.05, 0.1) is 11.0 Å². The Balaban J connectivity index is 2.67. The number of nitrogens with zero attached hydrogens (tertiary/aromatic N) is 1. The van der Waals surface area contributed by atoms with Gasteiger partial charge in [-0.15, -0.1) is 0 Å². The molecular formula is C14H17NO2S. The highest BCUT2D eigenvalue weighted by Gasteiger charge is 2.51. The fraction of sp³-hybridized carbons (Fsp3) is 0.500. The molecule has 2 rings (SSSR count). The Labute approximate surface area is 108 Å².